The first kappa shape index (κ1) is 21.9. The molecule has 2 aromatic heterocycles. The van der Waals surface area contributed by atoms with Crippen molar-refractivity contribution in [3.05, 3.63) is 97.2 Å². The molecule has 0 spiro atoms. The molecule has 1 N–H and O–H groups in total. The first-order chi connectivity index (χ1) is 16.2. The fraction of sp³-hybridized carbons (Fsp3) is 0.0870. The molecule has 5 rings (SSSR count). The number of carbonyl (C=O) groups excluding carboxylic acids is 2. The summed E-state index contributed by atoms with van der Waals surface area (Å²) < 4.78 is 14.2. The number of aliphatic hydroxyl groups is 1. The van der Waals surface area contributed by atoms with E-state index >= 15 is 0 Å². The average Bonchev–Trinajstić information content (AvgIpc) is 3.49. The Bertz CT molecular complexity index is 1540. The number of anilines is 1. The van der Waals surface area contributed by atoms with Crippen LogP contribution in [0.2, 0.25) is 0 Å². The lowest BCUT2D eigenvalue weighted by molar-refractivity contribution is -0.384. The third kappa shape index (κ3) is 3.55. The Kier molecular flexibility index (Phi) is 5.22. The molecule has 1 atom stereocenters. The SMILES string of the molecule is Cc1ccc(C(=O)C2=C(O)C(=O)N(c3nc4ccc(F)cc4s3)C2c2cccc([N+](=O)[O-])c2)s1. The van der Waals surface area contributed by atoms with Crippen LogP contribution in [-0.4, -0.2) is 26.7 Å². The Morgan fingerprint density at radius 1 is 1.18 bits per heavy atom. The van der Waals surface area contributed by atoms with E-state index in [4.69, 9.17) is 0 Å². The lowest BCUT2D eigenvalue weighted by Gasteiger charge is -2.24. The number of hydrogen-bond acceptors (Lipinski definition) is 8. The number of carbonyl (C=O) groups is 2. The molecule has 0 radical (unpaired) electrons. The summed E-state index contributed by atoms with van der Waals surface area (Å²) in [5.74, 6) is -2.66. The number of thiophene rings is 1. The number of fused-ring (bicyclic) bond motifs is 1. The van der Waals surface area contributed by atoms with Crippen LogP contribution in [0.4, 0.5) is 15.2 Å². The Balaban J connectivity index is 1.70. The van der Waals surface area contributed by atoms with Crippen LogP contribution in [0.15, 0.2) is 65.9 Å². The standard InChI is InChI=1S/C23H14FN3O5S2/c1-11-5-8-16(33-11)20(28)18-19(12-3-2-4-14(9-12)27(31)32)26(22(30)21(18)29)23-25-15-7-6-13(24)10-17(15)34-23/h2-10,19,29H,1H3. The molecule has 1 aliphatic rings. The lowest BCUT2D eigenvalue weighted by atomic mass is 9.95. The van der Waals surface area contributed by atoms with Gasteiger partial charge in [-0.05, 0) is 42.8 Å². The van der Waals surface area contributed by atoms with E-state index < -0.39 is 34.2 Å². The number of aliphatic hydroxyl groups excluding tert-OH is 1. The number of nitro groups is 1. The number of benzene rings is 2. The molecule has 1 amide bonds. The molecule has 1 unspecified atom stereocenters. The van der Waals surface area contributed by atoms with E-state index in [0.717, 1.165) is 21.1 Å². The molecule has 170 valence electrons. The van der Waals surface area contributed by atoms with Gasteiger partial charge in [0.15, 0.2) is 10.9 Å². The zero-order valence-electron chi connectivity index (χ0n) is 17.4. The van der Waals surface area contributed by atoms with Gasteiger partial charge in [-0.3, -0.25) is 24.6 Å². The molecule has 8 nitrogen and oxygen atoms in total. The second-order valence-electron chi connectivity index (χ2n) is 7.54. The molecule has 0 saturated heterocycles. The predicted molar refractivity (Wildman–Crippen MR) is 126 cm³/mol. The van der Waals surface area contributed by atoms with E-state index in [0.29, 0.717) is 15.1 Å². The first-order valence-corrected chi connectivity index (χ1v) is 11.6. The number of hydrogen-bond donors (Lipinski definition) is 1. The van der Waals surface area contributed by atoms with Crippen LogP contribution >= 0.6 is 22.7 Å². The number of non-ortho nitro benzene ring substituents is 1. The van der Waals surface area contributed by atoms with Gasteiger partial charge in [0.2, 0.25) is 5.78 Å². The summed E-state index contributed by atoms with van der Waals surface area (Å²) in [7, 11) is 0. The summed E-state index contributed by atoms with van der Waals surface area (Å²) in [4.78, 5) is 44.2. The smallest absolute Gasteiger partial charge is 0.296 e. The highest BCUT2D eigenvalue weighted by atomic mass is 32.1. The zero-order valence-corrected chi connectivity index (χ0v) is 19.0. The van der Waals surface area contributed by atoms with Crippen LogP contribution in [0.1, 0.15) is 26.2 Å². The van der Waals surface area contributed by atoms with Crippen LogP contribution in [0, 0.1) is 22.9 Å². The number of amides is 1. The molecule has 3 heterocycles. The molecule has 0 saturated carbocycles. The maximum atomic E-state index is 13.7. The van der Waals surface area contributed by atoms with Crippen molar-refractivity contribution in [2.45, 2.75) is 13.0 Å². The van der Waals surface area contributed by atoms with Gasteiger partial charge in [-0.25, -0.2) is 9.37 Å². The largest absolute Gasteiger partial charge is 0.503 e. The molecule has 1 aliphatic heterocycles. The number of ketones is 1. The summed E-state index contributed by atoms with van der Waals surface area (Å²) in [6.07, 6.45) is 0. The fourth-order valence-electron chi connectivity index (χ4n) is 3.84. The summed E-state index contributed by atoms with van der Waals surface area (Å²) >= 11 is 2.22. The molecule has 4 aromatic rings. The van der Waals surface area contributed by atoms with Crippen molar-refractivity contribution >= 4 is 55.4 Å². The second-order valence-corrected chi connectivity index (χ2v) is 9.84. The van der Waals surface area contributed by atoms with E-state index in [9.17, 15) is 29.2 Å². The lowest BCUT2D eigenvalue weighted by Crippen LogP contribution is -2.31. The summed E-state index contributed by atoms with van der Waals surface area (Å²) in [6.45, 7) is 1.82. The van der Waals surface area contributed by atoms with Gasteiger partial charge in [-0.1, -0.05) is 23.5 Å². The fourth-order valence-corrected chi connectivity index (χ4v) is 5.68. The third-order valence-corrected chi connectivity index (χ3v) is 7.38. The molecular formula is C23H14FN3O5S2. The molecule has 2 aromatic carbocycles. The van der Waals surface area contributed by atoms with Crippen molar-refractivity contribution in [3.8, 4) is 0 Å². The Morgan fingerprint density at radius 3 is 2.68 bits per heavy atom. The van der Waals surface area contributed by atoms with Crippen molar-refractivity contribution in [2.24, 2.45) is 0 Å². The van der Waals surface area contributed by atoms with Gasteiger partial charge >= 0.3 is 0 Å². The molecule has 34 heavy (non-hydrogen) atoms. The number of aromatic nitrogens is 1. The van der Waals surface area contributed by atoms with Crippen LogP contribution < -0.4 is 4.90 Å². The number of nitrogens with zero attached hydrogens (tertiary/aromatic N) is 3. The maximum Gasteiger partial charge on any atom is 0.296 e. The Hall–Kier alpha value is -3.96. The van der Waals surface area contributed by atoms with Gasteiger partial charge in [-0.15, -0.1) is 11.3 Å². The van der Waals surface area contributed by atoms with Gasteiger partial charge in [0, 0.05) is 17.0 Å². The Labute approximate surface area is 199 Å². The van der Waals surface area contributed by atoms with Crippen molar-refractivity contribution < 1.29 is 24.0 Å². The van der Waals surface area contributed by atoms with E-state index in [1.54, 1.807) is 12.1 Å². The minimum atomic E-state index is -1.16. The van der Waals surface area contributed by atoms with Crippen LogP contribution in [0.3, 0.4) is 0 Å². The van der Waals surface area contributed by atoms with Crippen molar-refractivity contribution in [1.82, 2.24) is 4.98 Å². The van der Waals surface area contributed by atoms with Gasteiger partial charge in [-0.2, -0.15) is 0 Å². The Morgan fingerprint density at radius 2 is 1.97 bits per heavy atom. The van der Waals surface area contributed by atoms with E-state index in [1.807, 2.05) is 6.92 Å². The van der Waals surface area contributed by atoms with Gasteiger partial charge in [0.25, 0.3) is 11.6 Å². The molecule has 11 heteroatoms. The maximum absolute atomic E-state index is 13.7. The number of thiazole rings is 1. The van der Waals surface area contributed by atoms with Crippen molar-refractivity contribution in [2.75, 3.05) is 4.90 Å². The number of Topliss-reactive ketones (excluding diaryl/α,β-unsaturated/α-hetero) is 1. The summed E-state index contributed by atoms with van der Waals surface area (Å²) in [5, 5.41) is 22.3. The van der Waals surface area contributed by atoms with Crippen LogP contribution in [-0.2, 0) is 4.79 Å². The minimum Gasteiger partial charge on any atom is -0.503 e. The predicted octanol–water partition coefficient (Wildman–Crippen LogP) is 5.50. The number of rotatable bonds is 5. The molecular weight excluding hydrogens is 481 g/mol. The van der Waals surface area contributed by atoms with E-state index in [2.05, 4.69) is 4.98 Å². The average molecular weight is 496 g/mol. The highest BCUT2D eigenvalue weighted by Crippen LogP contribution is 2.45. The number of aryl methyl sites for hydroxylation is 1. The van der Waals surface area contributed by atoms with E-state index in [-0.39, 0.29) is 22.0 Å². The topological polar surface area (TPSA) is 114 Å². The zero-order chi connectivity index (χ0) is 24.1. The monoisotopic (exact) mass is 495 g/mol. The van der Waals surface area contributed by atoms with Gasteiger partial charge in [0.1, 0.15) is 5.82 Å². The molecule has 0 fully saturated rings. The first-order valence-electron chi connectivity index (χ1n) is 9.93. The van der Waals surface area contributed by atoms with Gasteiger partial charge < -0.3 is 5.11 Å². The highest BCUT2D eigenvalue weighted by molar-refractivity contribution is 7.22. The van der Waals surface area contributed by atoms with Crippen LogP contribution in [0.5, 0.6) is 0 Å². The summed E-state index contributed by atoms with van der Waals surface area (Å²) in [5.41, 5.74) is 0.257. The van der Waals surface area contributed by atoms with Crippen molar-refractivity contribution in [1.29, 1.82) is 0 Å². The summed E-state index contributed by atoms with van der Waals surface area (Å²) in [6, 6.07) is 11.7. The highest BCUT2D eigenvalue weighted by Gasteiger charge is 2.46. The van der Waals surface area contributed by atoms with Crippen molar-refractivity contribution in [3.63, 3.8) is 0 Å². The van der Waals surface area contributed by atoms with Crippen LogP contribution in [0.25, 0.3) is 10.2 Å². The van der Waals surface area contributed by atoms with Gasteiger partial charge in [0.05, 0.1) is 31.6 Å². The third-order valence-electron chi connectivity index (χ3n) is 5.36. The molecule has 0 bridgehead atoms. The second kappa shape index (κ2) is 8.12. The number of halogens is 1. The van der Waals surface area contributed by atoms with E-state index in [1.165, 1.54) is 53.8 Å². The normalized spacial score (nSPS) is 16.0. The quantitative estimate of drug-likeness (QED) is 0.222. The number of nitro benzene ring substituents is 1. The minimum absolute atomic E-state index is 0.124. The molecule has 0 aliphatic carbocycles.